The van der Waals surface area contributed by atoms with Crippen LogP contribution in [0.25, 0.3) is 0 Å². The number of hydrogen-bond donors (Lipinski definition) is 3. The van der Waals surface area contributed by atoms with Crippen molar-refractivity contribution >= 4 is 21.7 Å². The topological polar surface area (TPSA) is 122 Å². The van der Waals surface area contributed by atoms with Gasteiger partial charge in [-0.2, -0.15) is 8.42 Å². The molecule has 0 aliphatic heterocycles. The second-order valence-corrected chi connectivity index (χ2v) is 3.66. The van der Waals surface area contributed by atoms with Crippen molar-refractivity contribution in [2.45, 2.75) is 0 Å². The number of non-ortho nitro benzene ring substituents is 1. The van der Waals surface area contributed by atoms with Gasteiger partial charge in [-0.1, -0.05) is 0 Å². The lowest BCUT2D eigenvalue weighted by molar-refractivity contribution is -0.384. The van der Waals surface area contributed by atoms with Gasteiger partial charge in [-0.05, 0) is 12.1 Å². The van der Waals surface area contributed by atoms with E-state index in [0.29, 0.717) is 0 Å². The van der Waals surface area contributed by atoms with E-state index in [-0.39, 0.29) is 11.4 Å². The molecule has 0 fully saturated rings. The second kappa shape index (κ2) is 4.21. The third-order valence-corrected chi connectivity index (χ3v) is 1.76. The minimum Gasteiger partial charge on any atom is -0.306 e. The Kier molecular flexibility index (Phi) is 3.19. The highest BCUT2D eigenvalue weighted by molar-refractivity contribution is 7.83. The number of nitrogens with zero attached hydrogens (tertiary/aromatic N) is 1. The Morgan fingerprint density at radius 1 is 1.27 bits per heavy atom. The van der Waals surface area contributed by atoms with Crippen molar-refractivity contribution in [3.8, 4) is 0 Å². The smallest absolute Gasteiger partial charge is 0.306 e. The van der Waals surface area contributed by atoms with Crippen LogP contribution < -0.4 is 10.3 Å². The Balaban J connectivity index is 2.69. The molecule has 0 amide bonds. The molecule has 0 bridgehead atoms. The van der Waals surface area contributed by atoms with Crippen LogP contribution in [-0.2, 0) is 10.3 Å². The second-order valence-electron chi connectivity index (χ2n) is 2.51. The maximum Gasteiger partial charge on any atom is 0.350 e. The number of anilines is 1. The summed E-state index contributed by atoms with van der Waals surface area (Å²) in [7, 11) is -4.34. The maximum absolute atomic E-state index is 10.3. The SMILES string of the molecule is O=[N+]([O-])c1ccc(NNS(=O)(=O)O)cc1. The number of nitrogens with one attached hydrogen (secondary N) is 2. The minimum absolute atomic E-state index is 0.118. The fourth-order valence-corrected chi connectivity index (χ4v) is 1.04. The first-order chi connectivity index (χ1) is 6.88. The van der Waals surface area contributed by atoms with Gasteiger partial charge in [0, 0.05) is 12.1 Å². The first-order valence-electron chi connectivity index (χ1n) is 3.63. The normalized spacial score (nSPS) is 11.0. The van der Waals surface area contributed by atoms with E-state index < -0.39 is 15.2 Å². The molecular formula is C6H7N3O5S. The van der Waals surface area contributed by atoms with Crippen molar-refractivity contribution in [1.82, 2.24) is 4.83 Å². The molecule has 82 valence electrons. The Morgan fingerprint density at radius 3 is 2.20 bits per heavy atom. The van der Waals surface area contributed by atoms with Crippen LogP contribution in [0.1, 0.15) is 0 Å². The molecule has 0 aromatic heterocycles. The van der Waals surface area contributed by atoms with Crippen LogP contribution in [0, 0.1) is 10.1 Å². The number of nitro benzene ring substituents is 1. The van der Waals surface area contributed by atoms with Crippen molar-refractivity contribution in [2.24, 2.45) is 0 Å². The Bertz CT molecular complexity index is 454. The third-order valence-electron chi connectivity index (χ3n) is 1.40. The van der Waals surface area contributed by atoms with E-state index in [0.717, 1.165) is 0 Å². The lowest BCUT2D eigenvalue weighted by Gasteiger charge is -2.04. The van der Waals surface area contributed by atoms with Gasteiger partial charge in [-0.15, -0.1) is 4.83 Å². The van der Waals surface area contributed by atoms with Crippen LogP contribution in [0.3, 0.4) is 0 Å². The van der Waals surface area contributed by atoms with E-state index in [1.54, 1.807) is 4.83 Å². The van der Waals surface area contributed by atoms with E-state index in [4.69, 9.17) is 4.55 Å². The number of rotatable bonds is 4. The minimum atomic E-state index is -4.34. The number of nitro groups is 1. The summed E-state index contributed by atoms with van der Waals surface area (Å²) in [5.74, 6) is 0. The number of benzene rings is 1. The van der Waals surface area contributed by atoms with E-state index >= 15 is 0 Å². The zero-order chi connectivity index (χ0) is 11.5. The van der Waals surface area contributed by atoms with Gasteiger partial charge >= 0.3 is 10.3 Å². The number of hydrazine groups is 1. The van der Waals surface area contributed by atoms with Crippen molar-refractivity contribution in [2.75, 3.05) is 5.43 Å². The largest absolute Gasteiger partial charge is 0.350 e. The van der Waals surface area contributed by atoms with E-state index in [1.807, 2.05) is 0 Å². The Morgan fingerprint density at radius 2 is 1.80 bits per heavy atom. The fourth-order valence-electron chi connectivity index (χ4n) is 0.790. The number of hydrogen-bond acceptors (Lipinski definition) is 5. The van der Waals surface area contributed by atoms with Crippen LogP contribution in [0.15, 0.2) is 24.3 Å². The van der Waals surface area contributed by atoms with Crippen LogP contribution in [0.5, 0.6) is 0 Å². The van der Waals surface area contributed by atoms with Gasteiger partial charge in [0.1, 0.15) is 0 Å². The summed E-state index contributed by atoms with van der Waals surface area (Å²) >= 11 is 0. The molecule has 0 aliphatic rings. The highest BCUT2D eigenvalue weighted by Crippen LogP contribution is 2.14. The van der Waals surface area contributed by atoms with E-state index in [9.17, 15) is 18.5 Å². The molecule has 0 radical (unpaired) electrons. The van der Waals surface area contributed by atoms with Crippen LogP contribution in [0.4, 0.5) is 11.4 Å². The monoisotopic (exact) mass is 233 g/mol. The fraction of sp³-hybridized carbons (Fsp3) is 0. The summed E-state index contributed by atoms with van der Waals surface area (Å²) < 4.78 is 28.8. The lowest BCUT2D eigenvalue weighted by atomic mass is 10.3. The van der Waals surface area contributed by atoms with Crippen LogP contribution >= 0.6 is 0 Å². The van der Waals surface area contributed by atoms with Crippen molar-refractivity contribution in [3.63, 3.8) is 0 Å². The summed E-state index contributed by atoms with van der Waals surface area (Å²) in [6.45, 7) is 0. The molecule has 0 unspecified atom stereocenters. The lowest BCUT2D eigenvalue weighted by Crippen LogP contribution is -2.28. The molecule has 1 aromatic rings. The average Bonchev–Trinajstić information content (AvgIpc) is 2.14. The zero-order valence-corrected chi connectivity index (χ0v) is 8.06. The molecule has 8 nitrogen and oxygen atoms in total. The Hall–Kier alpha value is -1.71. The molecule has 3 N–H and O–H groups in total. The van der Waals surface area contributed by atoms with Gasteiger partial charge in [-0.3, -0.25) is 14.7 Å². The summed E-state index contributed by atoms with van der Waals surface area (Å²) in [5, 5.41) is 10.3. The van der Waals surface area contributed by atoms with Gasteiger partial charge < -0.3 is 5.43 Å². The van der Waals surface area contributed by atoms with Crippen LogP contribution in [-0.4, -0.2) is 17.9 Å². The summed E-state index contributed by atoms with van der Waals surface area (Å²) in [5.41, 5.74) is 2.28. The van der Waals surface area contributed by atoms with E-state index in [2.05, 4.69) is 5.43 Å². The molecule has 0 aliphatic carbocycles. The first kappa shape index (κ1) is 11.4. The third kappa shape index (κ3) is 3.89. The van der Waals surface area contributed by atoms with Gasteiger partial charge in [0.05, 0.1) is 10.6 Å². The standard InChI is InChI=1S/C6H7N3O5S/c10-9(11)6-3-1-5(2-4-6)7-8-15(12,13)14/h1-4,7-8H,(H,12,13,14). The molecule has 0 heterocycles. The first-order valence-corrected chi connectivity index (χ1v) is 5.07. The quantitative estimate of drug-likeness (QED) is 0.391. The van der Waals surface area contributed by atoms with Crippen molar-refractivity contribution in [3.05, 3.63) is 34.4 Å². The highest BCUT2D eigenvalue weighted by Gasteiger charge is 2.05. The Labute approximate surface area is 84.9 Å². The summed E-state index contributed by atoms with van der Waals surface area (Å²) in [6.07, 6.45) is 0. The summed E-state index contributed by atoms with van der Waals surface area (Å²) in [4.78, 5) is 11.3. The molecule has 9 heteroatoms. The van der Waals surface area contributed by atoms with Crippen molar-refractivity contribution in [1.29, 1.82) is 0 Å². The molecule has 15 heavy (non-hydrogen) atoms. The molecule has 0 atom stereocenters. The average molecular weight is 233 g/mol. The predicted octanol–water partition coefficient (Wildman–Crippen LogP) is 0.314. The van der Waals surface area contributed by atoms with Crippen LogP contribution in [0.2, 0.25) is 0 Å². The van der Waals surface area contributed by atoms with E-state index in [1.165, 1.54) is 24.3 Å². The molecule has 0 spiro atoms. The van der Waals surface area contributed by atoms with Crippen molar-refractivity contribution < 1.29 is 17.9 Å². The highest BCUT2D eigenvalue weighted by atomic mass is 32.2. The molecule has 1 rings (SSSR count). The molecule has 1 aromatic carbocycles. The maximum atomic E-state index is 10.3. The molecular weight excluding hydrogens is 226 g/mol. The predicted molar refractivity (Wildman–Crippen MR) is 51.4 cm³/mol. The van der Waals surface area contributed by atoms with Gasteiger partial charge in [0.2, 0.25) is 0 Å². The van der Waals surface area contributed by atoms with Gasteiger partial charge in [0.25, 0.3) is 5.69 Å². The van der Waals surface area contributed by atoms with Gasteiger partial charge in [-0.25, -0.2) is 0 Å². The summed E-state index contributed by atoms with van der Waals surface area (Å²) in [6, 6.07) is 4.95. The molecule has 0 saturated heterocycles. The zero-order valence-electron chi connectivity index (χ0n) is 7.25. The molecule has 0 saturated carbocycles. The van der Waals surface area contributed by atoms with Gasteiger partial charge in [0.15, 0.2) is 0 Å².